The highest BCUT2D eigenvalue weighted by atomic mass is 79.9. The van der Waals surface area contributed by atoms with Crippen LogP contribution in [-0.4, -0.2) is 5.38 Å². The third-order valence-electron chi connectivity index (χ3n) is 0.214. The van der Waals surface area contributed by atoms with Crippen molar-refractivity contribution in [2.75, 3.05) is 0 Å². The lowest BCUT2D eigenvalue weighted by Crippen LogP contribution is -2.07. The second-order valence-electron chi connectivity index (χ2n) is 0.758. The number of hydrogen-bond acceptors (Lipinski definition) is 0. The van der Waals surface area contributed by atoms with Crippen molar-refractivity contribution in [3.8, 4) is 0 Å². The molecule has 0 aromatic rings. The van der Waals surface area contributed by atoms with Crippen LogP contribution in [0.1, 0.15) is 0 Å². The van der Waals surface area contributed by atoms with Crippen LogP contribution < -0.4 is 0 Å². The van der Waals surface area contributed by atoms with Gasteiger partial charge in [-0.1, -0.05) is 0 Å². The van der Waals surface area contributed by atoms with Crippen LogP contribution >= 0.6 is 27.5 Å². The quantitative estimate of drug-likeness (QED) is 0.566. The van der Waals surface area contributed by atoms with Gasteiger partial charge in [0, 0.05) is 0 Å². The van der Waals surface area contributed by atoms with Crippen LogP contribution in [0.15, 0.2) is 0 Å². The molecule has 0 aromatic heterocycles. The molecule has 0 amide bonds. The molecule has 0 saturated carbocycles. The first kappa shape index (κ1) is 7.56. The van der Waals surface area contributed by atoms with Crippen molar-refractivity contribution in [1.82, 2.24) is 0 Å². The predicted molar refractivity (Wildman–Crippen MR) is 24.1 cm³/mol. The van der Waals surface area contributed by atoms with Crippen molar-refractivity contribution >= 4 is 27.5 Å². The van der Waals surface area contributed by atoms with Gasteiger partial charge in [0.2, 0.25) is 0 Å². The highest BCUT2D eigenvalue weighted by molar-refractivity contribution is 9.11. The largest absolute Gasteiger partial charge is 0.369 e. The van der Waals surface area contributed by atoms with E-state index >= 15 is 0 Å². The number of alkyl halides is 3. The van der Waals surface area contributed by atoms with Gasteiger partial charge in [-0.15, -0.1) is 0 Å². The molecule has 0 aromatic carbocycles. The van der Waals surface area contributed by atoms with Crippen molar-refractivity contribution in [2.45, 2.75) is 5.38 Å². The summed E-state index contributed by atoms with van der Waals surface area (Å²) in [6.07, 6.45) is 0. The van der Waals surface area contributed by atoms with Gasteiger partial charge in [0.15, 0.2) is 0 Å². The summed E-state index contributed by atoms with van der Waals surface area (Å²) in [4.78, 5) is 0. The van der Waals surface area contributed by atoms with Crippen LogP contribution in [0.2, 0.25) is 0 Å². The van der Waals surface area contributed by atoms with Gasteiger partial charge in [0.05, 0.1) is 0 Å². The van der Waals surface area contributed by atoms with Crippen LogP contribution in [0.25, 0.3) is 0 Å². The summed E-state index contributed by atoms with van der Waals surface area (Å²) >= 11 is 5.94. The molecule has 0 fully saturated rings. The Morgan fingerprint density at radius 3 is 1.71 bits per heavy atom. The zero-order valence-electron chi connectivity index (χ0n) is 2.89. The molecule has 0 spiro atoms. The van der Waals surface area contributed by atoms with Crippen molar-refractivity contribution in [3.05, 3.63) is 5.08 Å². The molecular formula is C2BrClF3. The molecule has 0 aliphatic carbocycles. The molecule has 0 N–H and O–H groups in total. The third kappa shape index (κ3) is 3.17. The molecule has 0 rings (SSSR count). The fraction of sp³-hybridized carbons (Fsp3) is 0.500. The molecule has 0 unspecified atom stereocenters. The second kappa shape index (κ2) is 2.22. The highest BCUT2D eigenvalue weighted by Gasteiger charge is 2.36. The third-order valence-corrected chi connectivity index (χ3v) is 1.11. The maximum Gasteiger partial charge on any atom is 0.369 e. The molecule has 0 atom stereocenters. The number of halogens is 5. The first-order valence-electron chi connectivity index (χ1n) is 1.19. The maximum atomic E-state index is 11.2. The van der Waals surface area contributed by atoms with E-state index < -0.39 is 10.5 Å². The first-order chi connectivity index (χ1) is 2.94. The maximum absolute atomic E-state index is 11.2. The van der Waals surface area contributed by atoms with Gasteiger partial charge < -0.3 is 0 Å². The molecule has 0 aliphatic heterocycles. The van der Waals surface area contributed by atoms with Gasteiger partial charge in [0.25, 0.3) is 5.08 Å². The van der Waals surface area contributed by atoms with Crippen molar-refractivity contribution in [1.29, 1.82) is 0 Å². The van der Waals surface area contributed by atoms with E-state index in [0.29, 0.717) is 0 Å². The van der Waals surface area contributed by atoms with Crippen molar-refractivity contribution in [3.63, 3.8) is 0 Å². The summed E-state index contributed by atoms with van der Waals surface area (Å²) in [6.45, 7) is 0. The average molecular weight is 196 g/mol. The summed E-state index contributed by atoms with van der Waals surface area (Å²) in [5.74, 6) is 0. The molecule has 0 aliphatic rings. The lowest BCUT2D eigenvalue weighted by molar-refractivity contribution is 0.0959. The van der Waals surface area contributed by atoms with Gasteiger partial charge in [-0.3, -0.25) is 0 Å². The average Bonchev–Trinajstić information content (AvgIpc) is 1.31. The molecule has 7 heavy (non-hydrogen) atoms. The minimum atomic E-state index is -3.86. The molecule has 0 nitrogen and oxygen atoms in total. The van der Waals surface area contributed by atoms with Gasteiger partial charge in [0.1, 0.15) is 0 Å². The SMILES string of the molecule is F[C](Br)C(F)(F)Cl. The van der Waals surface area contributed by atoms with E-state index in [4.69, 9.17) is 0 Å². The summed E-state index contributed by atoms with van der Waals surface area (Å²) in [7, 11) is 0. The lowest BCUT2D eigenvalue weighted by atomic mass is 10.8. The van der Waals surface area contributed by atoms with E-state index in [9.17, 15) is 13.2 Å². The van der Waals surface area contributed by atoms with E-state index in [1.807, 2.05) is 15.9 Å². The fourth-order valence-corrected chi connectivity index (χ4v) is 0. The molecule has 0 heterocycles. The van der Waals surface area contributed by atoms with Crippen LogP contribution in [0.5, 0.6) is 0 Å². The summed E-state index contributed by atoms with van der Waals surface area (Å²) in [6, 6.07) is 0. The Kier molecular flexibility index (Phi) is 2.40. The van der Waals surface area contributed by atoms with Crippen LogP contribution in [-0.2, 0) is 0 Å². The van der Waals surface area contributed by atoms with Gasteiger partial charge in [-0.2, -0.15) is 8.78 Å². The summed E-state index contributed by atoms with van der Waals surface area (Å²) < 4.78 is 33.5. The fourth-order valence-electron chi connectivity index (χ4n) is 0. The molecule has 43 valence electrons. The molecule has 0 bridgehead atoms. The molecular weight excluding hydrogens is 196 g/mol. The Bertz CT molecular complexity index is 58.4. The smallest absolute Gasteiger partial charge is 0.218 e. The number of hydrogen-bond donors (Lipinski definition) is 0. The van der Waals surface area contributed by atoms with Gasteiger partial charge >= 0.3 is 5.38 Å². The minimum Gasteiger partial charge on any atom is -0.218 e. The Balaban J connectivity index is 3.54. The van der Waals surface area contributed by atoms with E-state index in [-0.39, 0.29) is 0 Å². The monoisotopic (exact) mass is 195 g/mol. The number of rotatable bonds is 1. The molecule has 1 radical (unpaired) electrons. The van der Waals surface area contributed by atoms with Crippen molar-refractivity contribution in [2.24, 2.45) is 0 Å². The van der Waals surface area contributed by atoms with Gasteiger partial charge in [-0.25, -0.2) is 4.39 Å². The zero-order valence-corrected chi connectivity index (χ0v) is 5.23. The highest BCUT2D eigenvalue weighted by Crippen LogP contribution is 2.35. The minimum absolute atomic E-state index is 1.76. The Morgan fingerprint density at radius 2 is 1.71 bits per heavy atom. The van der Waals surface area contributed by atoms with Gasteiger partial charge in [-0.05, 0) is 27.5 Å². The zero-order chi connectivity index (χ0) is 6.08. The lowest BCUT2D eigenvalue weighted by Gasteiger charge is -2.02. The van der Waals surface area contributed by atoms with E-state index in [1.54, 1.807) is 0 Å². The summed E-state index contributed by atoms with van der Waals surface area (Å²) in [5.41, 5.74) is 0. The van der Waals surface area contributed by atoms with Crippen molar-refractivity contribution < 1.29 is 13.2 Å². The van der Waals surface area contributed by atoms with Crippen LogP contribution in [0.4, 0.5) is 13.2 Å². The van der Waals surface area contributed by atoms with Crippen LogP contribution in [0, 0.1) is 5.08 Å². The molecule has 5 heteroatoms. The topological polar surface area (TPSA) is 0 Å². The van der Waals surface area contributed by atoms with E-state index in [0.717, 1.165) is 0 Å². The van der Waals surface area contributed by atoms with E-state index in [2.05, 4.69) is 11.6 Å². The standard InChI is InChI=1S/C2BrClF3/c3-1(5)2(4,6)7. The first-order valence-corrected chi connectivity index (χ1v) is 2.37. The Hall–Kier alpha value is 0.560. The predicted octanol–water partition coefficient (Wildman–Crippen LogP) is 2.67. The Labute approximate surface area is 51.8 Å². The Morgan fingerprint density at radius 1 is 1.57 bits per heavy atom. The normalized spacial score (nSPS) is 12.9. The second-order valence-corrected chi connectivity index (χ2v) is 1.93. The molecule has 0 saturated heterocycles. The van der Waals surface area contributed by atoms with E-state index in [1.165, 1.54) is 0 Å². The van der Waals surface area contributed by atoms with Crippen LogP contribution in [0.3, 0.4) is 0 Å². The summed E-state index contributed by atoms with van der Waals surface area (Å²) in [5, 5.41) is -5.62.